The minimum absolute atomic E-state index is 0.210. The predicted molar refractivity (Wildman–Crippen MR) is 76.9 cm³/mol. The summed E-state index contributed by atoms with van der Waals surface area (Å²) < 4.78 is 10.5. The Labute approximate surface area is 121 Å². The molecule has 21 heavy (non-hydrogen) atoms. The second-order valence-electron chi connectivity index (χ2n) is 5.79. The van der Waals surface area contributed by atoms with E-state index in [9.17, 15) is 4.79 Å². The van der Waals surface area contributed by atoms with Crippen LogP contribution in [0, 0.1) is 0 Å². The SMILES string of the molecule is CC(C)(C)c1[nH][nH]c(=O)c1N=Nc1ccc2c(c1)OCO2. The maximum atomic E-state index is 11.8. The largest absolute Gasteiger partial charge is 0.454 e. The fraction of sp³-hybridized carbons (Fsp3) is 0.357. The number of azo groups is 1. The lowest BCUT2D eigenvalue weighted by molar-refractivity contribution is 0.174. The van der Waals surface area contributed by atoms with Crippen LogP contribution in [0.2, 0.25) is 0 Å². The minimum atomic E-state index is -0.288. The molecule has 1 aliphatic heterocycles. The first-order valence-electron chi connectivity index (χ1n) is 6.57. The van der Waals surface area contributed by atoms with Crippen LogP contribution in [0.4, 0.5) is 11.4 Å². The van der Waals surface area contributed by atoms with Crippen LogP contribution in [-0.4, -0.2) is 17.0 Å². The quantitative estimate of drug-likeness (QED) is 0.831. The molecule has 0 spiro atoms. The normalized spacial score (nSPS) is 14.0. The smallest absolute Gasteiger partial charge is 0.292 e. The van der Waals surface area contributed by atoms with Gasteiger partial charge >= 0.3 is 0 Å². The maximum absolute atomic E-state index is 11.8. The first-order valence-corrected chi connectivity index (χ1v) is 6.57. The van der Waals surface area contributed by atoms with Crippen molar-refractivity contribution in [3.8, 4) is 11.5 Å². The second-order valence-corrected chi connectivity index (χ2v) is 5.79. The van der Waals surface area contributed by atoms with E-state index in [0.29, 0.717) is 22.9 Å². The van der Waals surface area contributed by atoms with Crippen molar-refractivity contribution in [3.63, 3.8) is 0 Å². The first kappa shape index (κ1) is 13.4. The van der Waals surface area contributed by atoms with Crippen molar-refractivity contribution < 1.29 is 9.47 Å². The highest BCUT2D eigenvalue weighted by Crippen LogP contribution is 2.36. The van der Waals surface area contributed by atoms with Gasteiger partial charge in [0.2, 0.25) is 6.79 Å². The Morgan fingerprint density at radius 1 is 1.10 bits per heavy atom. The lowest BCUT2D eigenvalue weighted by Crippen LogP contribution is -2.12. The molecule has 1 aromatic carbocycles. The zero-order chi connectivity index (χ0) is 15.0. The fourth-order valence-corrected chi connectivity index (χ4v) is 2.04. The van der Waals surface area contributed by atoms with E-state index in [1.54, 1.807) is 18.2 Å². The predicted octanol–water partition coefficient (Wildman–Crippen LogP) is 3.14. The second kappa shape index (κ2) is 4.76. The molecule has 110 valence electrons. The molecule has 1 aliphatic rings. The highest BCUT2D eigenvalue weighted by molar-refractivity contribution is 5.53. The fourth-order valence-electron chi connectivity index (χ4n) is 2.04. The Balaban J connectivity index is 1.94. The Bertz CT molecular complexity index is 752. The zero-order valence-corrected chi connectivity index (χ0v) is 12.1. The average molecular weight is 288 g/mol. The van der Waals surface area contributed by atoms with E-state index in [1.165, 1.54) is 0 Å². The van der Waals surface area contributed by atoms with Gasteiger partial charge in [0.25, 0.3) is 5.56 Å². The van der Waals surface area contributed by atoms with Gasteiger partial charge in [-0.3, -0.25) is 15.0 Å². The highest BCUT2D eigenvalue weighted by atomic mass is 16.7. The molecule has 0 unspecified atom stereocenters. The number of aromatic nitrogens is 2. The van der Waals surface area contributed by atoms with E-state index in [0.717, 1.165) is 5.69 Å². The molecular weight excluding hydrogens is 272 g/mol. The van der Waals surface area contributed by atoms with Crippen LogP contribution < -0.4 is 15.0 Å². The standard InChI is InChI=1S/C14H16N4O3/c1-14(2,3)12-11(13(19)18-17-12)16-15-8-4-5-9-10(6-8)21-7-20-9/h4-6H,7H2,1-3H3,(H2,17,18,19). The summed E-state index contributed by atoms with van der Waals surface area (Å²) in [5, 5.41) is 13.6. The number of rotatable bonds is 2. The van der Waals surface area contributed by atoms with Gasteiger partial charge in [-0.25, -0.2) is 0 Å². The molecule has 0 amide bonds. The van der Waals surface area contributed by atoms with E-state index in [4.69, 9.17) is 9.47 Å². The molecule has 3 rings (SSSR count). The summed E-state index contributed by atoms with van der Waals surface area (Å²) in [4.78, 5) is 11.8. The van der Waals surface area contributed by atoms with Crippen molar-refractivity contribution in [1.82, 2.24) is 10.2 Å². The van der Waals surface area contributed by atoms with Crippen LogP contribution >= 0.6 is 0 Å². The van der Waals surface area contributed by atoms with Gasteiger partial charge in [0, 0.05) is 11.5 Å². The molecule has 0 atom stereocenters. The topological polar surface area (TPSA) is 91.8 Å². The summed E-state index contributed by atoms with van der Waals surface area (Å²) in [5.41, 5.74) is 1.09. The van der Waals surface area contributed by atoms with Gasteiger partial charge in [0.1, 0.15) is 0 Å². The van der Waals surface area contributed by atoms with Crippen molar-refractivity contribution in [1.29, 1.82) is 0 Å². The van der Waals surface area contributed by atoms with E-state index in [1.807, 2.05) is 20.8 Å². The summed E-state index contributed by atoms with van der Waals surface area (Å²) in [6, 6.07) is 5.25. The van der Waals surface area contributed by atoms with Crippen LogP contribution in [-0.2, 0) is 5.41 Å². The number of aromatic amines is 2. The Kier molecular flexibility index (Phi) is 3.04. The number of nitrogens with zero attached hydrogens (tertiary/aromatic N) is 2. The van der Waals surface area contributed by atoms with E-state index >= 15 is 0 Å². The monoisotopic (exact) mass is 288 g/mol. The Hall–Kier alpha value is -2.57. The lowest BCUT2D eigenvalue weighted by Gasteiger charge is -2.15. The number of H-pyrrole nitrogens is 2. The van der Waals surface area contributed by atoms with Gasteiger partial charge in [-0.1, -0.05) is 20.8 Å². The van der Waals surface area contributed by atoms with Crippen LogP contribution in [0.25, 0.3) is 0 Å². The van der Waals surface area contributed by atoms with Gasteiger partial charge in [-0.2, -0.15) is 5.11 Å². The molecule has 0 fully saturated rings. The van der Waals surface area contributed by atoms with Crippen LogP contribution in [0.3, 0.4) is 0 Å². The third kappa shape index (κ3) is 2.54. The van der Waals surface area contributed by atoms with Gasteiger partial charge in [-0.15, -0.1) is 5.11 Å². The number of hydrogen-bond donors (Lipinski definition) is 2. The molecule has 7 heteroatoms. The summed E-state index contributed by atoms with van der Waals surface area (Å²) in [6.07, 6.45) is 0. The molecule has 2 N–H and O–H groups in total. The summed E-state index contributed by atoms with van der Waals surface area (Å²) >= 11 is 0. The molecule has 2 aromatic rings. The van der Waals surface area contributed by atoms with Gasteiger partial charge < -0.3 is 9.47 Å². The molecule has 7 nitrogen and oxygen atoms in total. The number of benzene rings is 1. The summed E-state index contributed by atoms with van der Waals surface area (Å²) in [5.74, 6) is 1.31. The van der Waals surface area contributed by atoms with Crippen molar-refractivity contribution in [3.05, 3.63) is 34.2 Å². The minimum Gasteiger partial charge on any atom is -0.454 e. The van der Waals surface area contributed by atoms with E-state index < -0.39 is 0 Å². The zero-order valence-electron chi connectivity index (χ0n) is 12.1. The van der Waals surface area contributed by atoms with Crippen LogP contribution in [0.15, 0.2) is 33.2 Å². The number of fused-ring (bicyclic) bond motifs is 1. The van der Waals surface area contributed by atoms with Crippen LogP contribution in [0.5, 0.6) is 11.5 Å². The van der Waals surface area contributed by atoms with Crippen molar-refractivity contribution in [2.45, 2.75) is 26.2 Å². The molecule has 0 aliphatic carbocycles. The lowest BCUT2D eigenvalue weighted by atomic mass is 9.91. The van der Waals surface area contributed by atoms with E-state index in [-0.39, 0.29) is 17.8 Å². The molecule has 1 aromatic heterocycles. The molecule has 0 saturated carbocycles. The third-order valence-corrected chi connectivity index (χ3v) is 3.12. The molecule has 0 saturated heterocycles. The Morgan fingerprint density at radius 2 is 1.86 bits per heavy atom. The molecular formula is C14H16N4O3. The summed E-state index contributed by atoms with van der Waals surface area (Å²) in [6.45, 7) is 6.19. The van der Waals surface area contributed by atoms with Crippen molar-refractivity contribution >= 4 is 11.4 Å². The first-order chi connectivity index (χ1) is 9.95. The number of hydrogen-bond acceptors (Lipinski definition) is 5. The molecule has 0 radical (unpaired) electrons. The Morgan fingerprint density at radius 3 is 2.62 bits per heavy atom. The summed E-state index contributed by atoms with van der Waals surface area (Å²) in [7, 11) is 0. The third-order valence-electron chi connectivity index (χ3n) is 3.12. The van der Waals surface area contributed by atoms with Gasteiger partial charge in [0.15, 0.2) is 17.2 Å². The maximum Gasteiger partial charge on any atom is 0.292 e. The number of ether oxygens (including phenoxy) is 2. The number of nitrogens with one attached hydrogen (secondary N) is 2. The van der Waals surface area contributed by atoms with Crippen molar-refractivity contribution in [2.24, 2.45) is 10.2 Å². The molecule has 2 heterocycles. The van der Waals surface area contributed by atoms with Gasteiger partial charge in [-0.05, 0) is 12.1 Å². The van der Waals surface area contributed by atoms with Gasteiger partial charge in [0.05, 0.1) is 11.4 Å². The van der Waals surface area contributed by atoms with Crippen LogP contribution in [0.1, 0.15) is 26.5 Å². The van der Waals surface area contributed by atoms with Crippen molar-refractivity contribution in [2.75, 3.05) is 6.79 Å². The molecule has 0 bridgehead atoms. The highest BCUT2D eigenvalue weighted by Gasteiger charge is 2.22. The average Bonchev–Trinajstić information content (AvgIpc) is 3.01. The van der Waals surface area contributed by atoms with E-state index in [2.05, 4.69) is 20.4 Å².